The quantitative estimate of drug-likeness (QED) is 0.534. The van der Waals surface area contributed by atoms with Gasteiger partial charge in [0.1, 0.15) is 6.61 Å². The molecule has 118 valence electrons. The summed E-state index contributed by atoms with van der Waals surface area (Å²) in [7, 11) is 0. The first-order chi connectivity index (χ1) is 9.42. The third-order valence-electron chi connectivity index (χ3n) is 2.95. The predicted molar refractivity (Wildman–Crippen MR) is 67.8 cm³/mol. The Hall–Kier alpha value is -0.530. The van der Waals surface area contributed by atoms with E-state index in [1.54, 1.807) is 4.90 Å². The lowest BCUT2D eigenvalue weighted by molar-refractivity contribution is -0.175. The number of amides is 1. The van der Waals surface area contributed by atoms with Crippen molar-refractivity contribution in [2.75, 3.05) is 38.8 Å². The number of rotatable bonds is 7. The van der Waals surface area contributed by atoms with Gasteiger partial charge in [0.05, 0.1) is 25.7 Å². The number of ether oxygens (including phenoxy) is 2. The molecule has 1 saturated heterocycles. The van der Waals surface area contributed by atoms with Crippen LogP contribution < -0.4 is 0 Å². The van der Waals surface area contributed by atoms with Crippen molar-refractivity contribution in [1.29, 1.82) is 0 Å². The van der Waals surface area contributed by atoms with E-state index in [-0.39, 0.29) is 25.0 Å². The summed E-state index contributed by atoms with van der Waals surface area (Å²) in [5.41, 5.74) is 0. The van der Waals surface area contributed by atoms with Crippen molar-refractivity contribution >= 4 is 17.5 Å². The van der Waals surface area contributed by atoms with Crippen molar-refractivity contribution in [3.05, 3.63) is 0 Å². The van der Waals surface area contributed by atoms with Crippen LogP contribution in [-0.4, -0.2) is 61.9 Å². The Morgan fingerprint density at radius 2 is 1.90 bits per heavy atom. The van der Waals surface area contributed by atoms with Crippen molar-refractivity contribution in [2.24, 2.45) is 0 Å². The van der Waals surface area contributed by atoms with Gasteiger partial charge in [-0.25, -0.2) is 0 Å². The van der Waals surface area contributed by atoms with E-state index < -0.39 is 12.8 Å². The molecule has 1 rings (SSSR count). The van der Waals surface area contributed by atoms with E-state index in [9.17, 15) is 18.0 Å². The lowest BCUT2D eigenvalue weighted by atomic mass is 10.1. The highest BCUT2D eigenvalue weighted by atomic mass is 35.5. The number of piperidine rings is 1. The first-order valence-corrected chi connectivity index (χ1v) is 7.05. The fraction of sp³-hybridized carbons (Fsp3) is 0.917. The van der Waals surface area contributed by atoms with Crippen molar-refractivity contribution in [2.45, 2.75) is 31.5 Å². The van der Waals surface area contributed by atoms with Gasteiger partial charge in [-0.05, 0) is 12.8 Å². The van der Waals surface area contributed by atoms with Crippen molar-refractivity contribution in [3.63, 3.8) is 0 Å². The molecule has 0 aromatic rings. The third-order valence-corrected chi connectivity index (χ3v) is 3.11. The summed E-state index contributed by atoms with van der Waals surface area (Å²) < 4.78 is 45.4. The minimum absolute atomic E-state index is 0.0245. The molecule has 0 atom stereocenters. The number of hydrogen-bond donors (Lipinski definition) is 0. The maximum absolute atomic E-state index is 11.8. The Morgan fingerprint density at radius 3 is 2.45 bits per heavy atom. The first-order valence-electron chi connectivity index (χ1n) is 6.52. The first kappa shape index (κ1) is 17.5. The molecule has 0 radical (unpaired) electrons. The third kappa shape index (κ3) is 7.31. The van der Waals surface area contributed by atoms with Crippen molar-refractivity contribution < 1.29 is 27.4 Å². The Bertz CT molecular complexity index is 294. The molecule has 1 aliphatic heterocycles. The van der Waals surface area contributed by atoms with Gasteiger partial charge in [0.25, 0.3) is 0 Å². The summed E-state index contributed by atoms with van der Waals surface area (Å²) in [4.78, 5) is 13.4. The van der Waals surface area contributed by atoms with Crippen molar-refractivity contribution in [1.82, 2.24) is 4.90 Å². The molecule has 20 heavy (non-hydrogen) atoms. The fourth-order valence-corrected chi connectivity index (χ4v) is 2.08. The van der Waals surface area contributed by atoms with E-state index in [1.165, 1.54) is 0 Å². The molecule has 0 aliphatic carbocycles. The van der Waals surface area contributed by atoms with E-state index in [1.807, 2.05) is 0 Å². The summed E-state index contributed by atoms with van der Waals surface area (Å²) in [6.07, 6.45) is -2.80. The van der Waals surface area contributed by atoms with Crippen LogP contribution in [0.1, 0.15) is 19.3 Å². The summed E-state index contributed by atoms with van der Waals surface area (Å²) >= 11 is 5.52. The minimum Gasteiger partial charge on any atom is -0.377 e. The monoisotopic (exact) mass is 317 g/mol. The second kappa shape index (κ2) is 8.69. The zero-order valence-electron chi connectivity index (χ0n) is 11.1. The molecule has 1 amide bonds. The Kier molecular flexibility index (Phi) is 7.61. The normalized spacial score (nSPS) is 17.5. The number of alkyl halides is 4. The highest BCUT2D eigenvalue weighted by molar-refractivity contribution is 6.17. The van der Waals surface area contributed by atoms with Gasteiger partial charge in [0, 0.05) is 19.0 Å². The molecule has 1 aliphatic rings. The van der Waals surface area contributed by atoms with Crippen LogP contribution in [0, 0.1) is 0 Å². The summed E-state index contributed by atoms with van der Waals surface area (Å²) in [6.45, 7) is 0.0944. The molecule has 0 bridgehead atoms. The molecule has 0 unspecified atom stereocenters. The Morgan fingerprint density at radius 1 is 1.25 bits per heavy atom. The Balaban J connectivity index is 2.13. The average molecular weight is 318 g/mol. The Labute approximate surface area is 121 Å². The van der Waals surface area contributed by atoms with Crippen molar-refractivity contribution in [3.8, 4) is 0 Å². The van der Waals surface area contributed by atoms with Crippen LogP contribution in [0.4, 0.5) is 13.2 Å². The maximum Gasteiger partial charge on any atom is 0.411 e. The predicted octanol–water partition coefficient (Wildman–Crippen LogP) is 2.20. The number of nitrogens with zero attached hydrogens (tertiary/aromatic N) is 1. The smallest absolute Gasteiger partial charge is 0.377 e. The number of likely N-dealkylation sites (tertiary alicyclic amines) is 1. The van der Waals surface area contributed by atoms with Gasteiger partial charge in [-0.3, -0.25) is 4.79 Å². The number of carbonyl (C=O) groups excluding carboxylic acids is 1. The second-order valence-corrected chi connectivity index (χ2v) is 4.94. The number of halogens is 4. The maximum atomic E-state index is 11.8. The molecule has 0 N–H and O–H groups in total. The van der Waals surface area contributed by atoms with Crippen LogP contribution in [0.2, 0.25) is 0 Å². The summed E-state index contributed by atoms with van der Waals surface area (Å²) in [6, 6.07) is 0. The van der Waals surface area contributed by atoms with E-state index in [4.69, 9.17) is 16.3 Å². The molecular weight excluding hydrogens is 299 g/mol. The summed E-state index contributed by atoms with van der Waals surface area (Å²) in [5, 5.41) is 0. The van der Waals surface area contributed by atoms with Crippen LogP contribution in [0.3, 0.4) is 0 Å². The topological polar surface area (TPSA) is 38.8 Å². The highest BCUT2D eigenvalue weighted by Crippen LogP contribution is 2.16. The van der Waals surface area contributed by atoms with Crippen LogP contribution in [-0.2, 0) is 14.3 Å². The zero-order valence-corrected chi connectivity index (χ0v) is 11.9. The summed E-state index contributed by atoms with van der Waals surface area (Å²) in [5.74, 6) is 0.262. The number of carbonyl (C=O) groups is 1. The van der Waals surface area contributed by atoms with E-state index in [0.717, 1.165) is 12.8 Å². The van der Waals surface area contributed by atoms with Gasteiger partial charge in [-0.2, -0.15) is 13.2 Å². The molecule has 0 spiro atoms. The van der Waals surface area contributed by atoms with Crippen LogP contribution in [0.5, 0.6) is 0 Å². The highest BCUT2D eigenvalue weighted by Gasteiger charge is 2.28. The molecule has 0 aromatic heterocycles. The van der Waals surface area contributed by atoms with Gasteiger partial charge in [-0.1, -0.05) is 0 Å². The molecule has 8 heteroatoms. The molecule has 0 aromatic carbocycles. The number of hydrogen-bond acceptors (Lipinski definition) is 3. The van der Waals surface area contributed by atoms with Crippen LogP contribution in [0.25, 0.3) is 0 Å². The zero-order chi connectivity index (χ0) is 15.0. The second-order valence-electron chi connectivity index (χ2n) is 4.56. The van der Waals surface area contributed by atoms with Gasteiger partial charge in [-0.15, -0.1) is 11.6 Å². The lowest BCUT2D eigenvalue weighted by Gasteiger charge is -2.32. The minimum atomic E-state index is -4.35. The van der Waals surface area contributed by atoms with Gasteiger partial charge in [0.2, 0.25) is 5.91 Å². The van der Waals surface area contributed by atoms with Crippen LogP contribution in [0.15, 0.2) is 0 Å². The molecule has 1 heterocycles. The van der Waals surface area contributed by atoms with E-state index in [2.05, 4.69) is 4.74 Å². The lowest BCUT2D eigenvalue weighted by Crippen LogP contribution is -2.41. The van der Waals surface area contributed by atoms with E-state index >= 15 is 0 Å². The molecule has 0 saturated carbocycles. The standard InChI is InChI=1S/C12H19ClF3NO3/c13-4-8-20-10-1-5-17(6-2-10)11(18)3-7-19-9-12(14,15)16/h10H,1-9H2. The largest absolute Gasteiger partial charge is 0.411 e. The molecule has 1 fully saturated rings. The van der Waals surface area contributed by atoms with Gasteiger partial charge in [0.15, 0.2) is 0 Å². The fourth-order valence-electron chi connectivity index (χ4n) is 1.99. The molecular formula is C12H19ClF3NO3. The van der Waals surface area contributed by atoms with E-state index in [0.29, 0.717) is 25.6 Å². The SMILES string of the molecule is O=C(CCOCC(F)(F)F)N1CCC(OCCCl)CC1. The van der Waals surface area contributed by atoms with Crippen LogP contribution >= 0.6 is 11.6 Å². The molecule has 4 nitrogen and oxygen atoms in total. The average Bonchev–Trinajstić information content (AvgIpc) is 2.40. The van der Waals surface area contributed by atoms with Gasteiger partial charge < -0.3 is 14.4 Å². The van der Waals surface area contributed by atoms with Gasteiger partial charge >= 0.3 is 6.18 Å².